The Bertz CT molecular complexity index is 809. The molecule has 1 fully saturated rings. The average molecular weight is 387 g/mol. The third kappa shape index (κ3) is 5.44. The van der Waals surface area contributed by atoms with Gasteiger partial charge in [0.15, 0.2) is 0 Å². The number of ether oxygens (including phenoxy) is 1. The first-order valence-corrected chi connectivity index (χ1v) is 8.79. The number of anilines is 1. The average Bonchev–Trinajstić information content (AvgIpc) is 2.69. The lowest BCUT2D eigenvalue weighted by Gasteiger charge is -2.31. The molecule has 0 spiro atoms. The molecule has 0 radical (unpaired) electrons. The number of carbonyl (C=O) groups excluding carboxylic acids is 2. The quantitative estimate of drug-likeness (QED) is 0.330. The first-order chi connectivity index (χ1) is 13.5. The van der Waals surface area contributed by atoms with Crippen molar-refractivity contribution in [3.05, 3.63) is 46.2 Å². The molecule has 0 unspecified atom stereocenters. The number of piperidine rings is 1. The van der Waals surface area contributed by atoms with Gasteiger partial charge in [-0.2, -0.15) is 5.26 Å². The molecule has 10 nitrogen and oxygen atoms in total. The smallest absolute Gasteiger partial charge is 0.409 e. The number of hydrogen-bond acceptors (Lipinski definition) is 7. The number of benzene rings is 1. The van der Waals surface area contributed by atoms with Gasteiger partial charge >= 0.3 is 6.09 Å². The van der Waals surface area contributed by atoms with Crippen LogP contribution in [0.15, 0.2) is 36.0 Å². The SMILES string of the molecule is CCOC(=O)N1CCC(N/C=C(/C#N)C(=O)Nc2ccccc2[N+](=O)[O-])CC1. The van der Waals surface area contributed by atoms with E-state index in [2.05, 4.69) is 10.6 Å². The minimum absolute atomic E-state index is 0.00659. The summed E-state index contributed by atoms with van der Waals surface area (Å²) in [6.45, 7) is 3.08. The molecule has 0 aromatic heterocycles. The highest BCUT2D eigenvalue weighted by molar-refractivity contribution is 6.07. The molecular weight excluding hydrogens is 366 g/mol. The predicted molar refractivity (Wildman–Crippen MR) is 100 cm³/mol. The van der Waals surface area contributed by atoms with Crippen LogP contribution in [0.1, 0.15) is 19.8 Å². The van der Waals surface area contributed by atoms with Crippen LogP contribution in [0.25, 0.3) is 0 Å². The Labute approximate surface area is 161 Å². The van der Waals surface area contributed by atoms with E-state index in [9.17, 15) is 25.0 Å². The number of nitriles is 1. The summed E-state index contributed by atoms with van der Waals surface area (Å²) in [6.07, 6.45) is 2.23. The van der Waals surface area contributed by atoms with Crippen LogP contribution in [0, 0.1) is 21.4 Å². The number of nitrogens with zero attached hydrogens (tertiary/aromatic N) is 3. The molecule has 1 heterocycles. The van der Waals surface area contributed by atoms with E-state index in [0.29, 0.717) is 32.5 Å². The lowest BCUT2D eigenvalue weighted by Crippen LogP contribution is -2.44. The molecule has 2 rings (SSSR count). The Kier molecular flexibility index (Phi) is 7.33. The van der Waals surface area contributed by atoms with E-state index in [-0.39, 0.29) is 29.1 Å². The fraction of sp³-hybridized carbons (Fsp3) is 0.389. The molecule has 28 heavy (non-hydrogen) atoms. The van der Waals surface area contributed by atoms with E-state index in [1.54, 1.807) is 24.0 Å². The Morgan fingerprint density at radius 1 is 1.39 bits per heavy atom. The Morgan fingerprint density at radius 2 is 2.07 bits per heavy atom. The van der Waals surface area contributed by atoms with Gasteiger partial charge in [-0.25, -0.2) is 4.79 Å². The van der Waals surface area contributed by atoms with Gasteiger partial charge in [0.2, 0.25) is 0 Å². The van der Waals surface area contributed by atoms with E-state index in [0.717, 1.165) is 0 Å². The number of likely N-dealkylation sites (tertiary alicyclic amines) is 1. The highest BCUT2D eigenvalue weighted by Crippen LogP contribution is 2.23. The highest BCUT2D eigenvalue weighted by atomic mass is 16.6. The summed E-state index contributed by atoms with van der Waals surface area (Å²) in [5.41, 5.74) is -0.445. The number of nitro groups is 1. The van der Waals surface area contributed by atoms with Gasteiger partial charge in [-0.05, 0) is 25.8 Å². The highest BCUT2D eigenvalue weighted by Gasteiger charge is 2.23. The predicted octanol–water partition coefficient (Wildman–Crippen LogP) is 2.15. The zero-order valence-electron chi connectivity index (χ0n) is 15.4. The summed E-state index contributed by atoms with van der Waals surface area (Å²) < 4.78 is 4.96. The molecule has 148 valence electrons. The number of nitro benzene ring substituents is 1. The van der Waals surface area contributed by atoms with Crippen molar-refractivity contribution in [2.24, 2.45) is 0 Å². The largest absolute Gasteiger partial charge is 0.450 e. The number of carbonyl (C=O) groups is 2. The van der Waals surface area contributed by atoms with Gasteiger partial charge in [-0.15, -0.1) is 0 Å². The van der Waals surface area contributed by atoms with Gasteiger partial charge in [0.05, 0.1) is 11.5 Å². The Hall–Kier alpha value is -3.61. The summed E-state index contributed by atoms with van der Waals surface area (Å²) in [6, 6.07) is 7.47. The van der Waals surface area contributed by atoms with Crippen molar-refractivity contribution in [2.45, 2.75) is 25.8 Å². The van der Waals surface area contributed by atoms with Crippen LogP contribution < -0.4 is 10.6 Å². The van der Waals surface area contributed by atoms with Crippen LogP contribution in [0.2, 0.25) is 0 Å². The van der Waals surface area contributed by atoms with Crippen molar-refractivity contribution in [3.63, 3.8) is 0 Å². The molecule has 10 heteroatoms. The van der Waals surface area contributed by atoms with Crippen LogP contribution in [0.4, 0.5) is 16.2 Å². The van der Waals surface area contributed by atoms with Crippen molar-refractivity contribution in [3.8, 4) is 6.07 Å². The van der Waals surface area contributed by atoms with Crippen molar-refractivity contribution >= 4 is 23.4 Å². The van der Waals surface area contributed by atoms with Gasteiger partial charge in [-0.3, -0.25) is 14.9 Å². The first-order valence-electron chi connectivity index (χ1n) is 8.79. The zero-order chi connectivity index (χ0) is 20.5. The molecule has 0 bridgehead atoms. The Morgan fingerprint density at radius 3 is 2.68 bits per heavy atom. The maximum atomic E-state index is 12.3. The van der Waals surface area contributed by atoms with Gasteiger partial charge in [-0.1, -0.05) is 12.1 Å². The summed E-state index contributed by atoms with van der Waals surface area (Å²) in [5, 5.41) is 25.6. The lowest BCUT2D eigenvalue weighted by atomic mass is 10.1. The molecule has 2 amide bonds. The second-order valence-corrected chi connectivity index (χ2v) is 6.03. The molecule has 1 aromatic rings. The van der Waals surface area contributed by atoms with Gasteiger partial charge in [0.25, 0.3) is 11.6 Å². The molecule has 0 atom stereocenters. The molecule has 1 aliphatic heterocycles. The van der Waals surface area contributed by atoms with Crippen molar-refractivity contribution in [1.29, 1.82) is 5.26 Å². The first kappa shape index (κ1) is 20.7. The van der Waals surface area contributed by atoms with E-state index < -0.39 is 10.8 Å². The van der Waals surface area contributed by atoms with Crippen LogP contribution >= 0.6 is 0 Å². The third-order valence-corrected chi connectivity index (χ3v) is 4.20. The molecule has 2 N–H and O–H groups in total. The van der Waals surface area contributed by atoms with Crippen LogP contribution in [0.5, 0.6) is 0 Å². The van der Waals surface area contributed by atoms with Gasteiger partial charge < -0.3 is 20.3 Å². The fourth-order valence-corrected chi connectivity index (χ4v) is 2.72. The maximum absolute atomic E-state index is 12.3. The number of rotatable bonds is 6. The monoisotopic (exact) mass is 387 g/mol. The number of para-hydroxylation sites is 2. The van der Waals surface area contributed by atoms with Crippen LogP contribution in [0.3, 0.4) is 0 Å². The maximum Gasteiger partial charge on any atom is 0.409 e. The topological polar surface area (TPSA) is 138 Å². The van der Waals surface area contributed by atoms with E-state index >= 15 is 0 Å². The molecule has 1 saturated heterocycles. The number of hydrogen-bond donors (Lipinski definition) is 2. The van der Waals surface area contributed by atoms with Crippen LogP contribution in [-0.4, -0.2) is 47.6 Å². The van der Waals surface area contributed by atoms with E-state index in [4.69, 9.17) is 4.74 Å². The summed E-state index contributed by atoms with van der Waals surface area (Å²) in [7, 11) is 0. The summed E-state index contributed by atoms with van der Waals surface area (Å²) in [4.78, 5) is 36.0. The number of nitrogens with one attached hydrogen (secondary N) is 2. The van der Waals surface area contributed by atoms with Gasteiger partial charge in [0.1, 0.15) is 17.3 Å². The van der Waals surface area contributed by atoms with Crippen LogP contribution in [-0.2, 0) is 9.53 Å². The van der Waals surface area contributed by atoms with E-state index in [1.807, 2.05) is 0 Å². The van der Waals surface area contributed by atoms with Crippen molar-refractivity contribution in [2.75, 3.05) is 25.0 Å². The number of amides is 2. The molecule has 1 aromatic carbocycles. The molecular formula is C18H21N5O5. The summed E-state index contributed by atoms with van der Waals surface area (Å²) >= 11 is 0. The normalized spacial score (nSPS) is 14.7. The molecule has 0 saturated carbocycles. The fourth-order valence-electron chi connectivity index (χ4n) is 2.72. The van der Waals surface area contributed by atoms with Crippen molar-refractivity contribution < 1.29 is 19.2 Å². The minimum Gasteiger partial charge on any atom is -0.450 e. The third-order valence-electron chi connectivity index (χ3n) is 4.20. The standard InChI is InChI=1S/C18H21N5O5/c1-2-28-18(25)22-9-7-14(8-10-22)20-12-13(11-19)17(24)21-15-5-3-4-6-16(15)23(26)27/h3-6,12,14,20H,2,7-10H2,1H3,(H,21,24)/b13-12-. The van der Waals surface area contributed by atoms with Crippen molar-refractivity contribution in [1.82, 2.24) is 10.2 Å². The molecule has 1 aliphatic rings. The zero-order valence-corrected chi connectivity index (χ0v) is 15.4. The lowest BCUT2D eigenvalue weighted by molar-refractivity contribution is -0.383. The second-order valence-electron chi connectivity index (χ2n) is 6.03. The van der Waals surface area contributed by atoms with Gasteiger partial charge in [0, 0.05) is 31.4 Å². The minimum atomic E-state index is -0.742. The summed E-state index contributed by atoms with van der Waals surface area (Å²) in [5.74, 6) is -0.742. The molecule has 0 aliphatic carbocycles. The second kappa shape index (κ2) is 9.91. The Balaban J connectivity index is 1.94. The van der Waals surface area contributed by atoms with E-state index in [1.165, 1.54) is 24.4 Å².